The molecule has 1 heterocycles. The van der Waals surface area contributed by atoms with Gasteiger partial charge in [-0.3, -0.25) is 9.80 Å². The summed E-state index contributed by atoms with van der Waals surface area (Å²) in [6, 6.07) is 11.8. The van der Waals surface area contributed by atoms with Crippen LogP contribution < -0.4 is 0 Å². The zero-order valence-electron chi connectivity index (χ0n) is 14.1. The number of rotatable bonds is 6. The van der Waals surface area contributed by atoms with Gasteiger partial charge in [-0.25, -0.2) is 0 Å². The monoisotopic (exact) mass is 314 g/mol. The van der Waals surface area contributed by atoms with E-state index < -0.39 is 0 Å². The van der Waals surface area contributed by atoms with Crippen molar-refractivity contribution in [1.29, 1.82) is 0 Å². The number of piperazine rings is 1. The number of aliphatic hydroxyl groups is 1. The summed E-state index contributed by atoms with van der Waals surface area (Å²) in [7, 11) is 0. The van der Waals surface area contributed by atoms with Crippen LogP contribution in [0.4, 0.5) is 0 Å². The van der Waals surface area contributed by atoms with Gasteiger partial charge in [0.2, 0.25) is 0 Å². The van der Waals surface area contributed by atoms with Crippen LogP contribution in [0.1, 0.15) is 37.7 Å². The zero-order valence-corrected chi connectivity index (χ0v) is 14.1. The van der Waals surface area contributed by atoms with Crippen molar-refractivity contribution in [2.24, 2.45) is 0 Å². The van der Waals surface area contributed by atoms with Gasteiger partial charge >= 0.3 is 0 Å². The maximum Gasteiger partial charge on any atom is 0.0446 e. The Morgan fingerprint density at radius 3 is 2.61 bits per heavy atom. The second-order valence-corrected chi connectivity index (χ2v) is 6.91. The van der Waals surface area contributed by atoms with E-state index in [1.165, 1.54) is 31.2 Å². The highest BCUT2D eigenvalue weighted by Crippen LogP contribution is 2.27. The van der Waals surface area contributed by atoms with Crippen LogP contribution in [0.2, 0.25) is 0 Å². The van der Waals surface area contributed by atoms with Gasteiger partial charge in [0, 0.05) is 44.9 Å². The van der Waals surface area contributed by atoms with Crippen LogP contribution in [0, 0.1) is 0 Å². The first-order chi connectivity index (χ1) is 11.4. The van der Waals surface area contributed by atoms with E-state index in [9.17, 15) is 5.11 Å². The Morgan fingerprint density at radius 1 is 1.09 bits per heavy atom. The Kier molecular flexibility index (Phi) is 6.26. The molecule has 1 aromatic rings. The largest absolute Gasteiger partial charge is 0.396 e. The molecular weight excluding hydrogens is 284 g/mol. The summed E-state index contributed by atoms with van der Waals surface area (Å²) >= 11 is 0. The standard InChI is InChI=1S/C20H30N2O/c23-16-12-20-17-21(13-6-9-18-7-2-1-3-8-18)14-15-22(20)19-10-4-5-11-19/h1-3,6-9,19-20,23H,4-5,10-17H2/b9-6+. The number of hydrogen-bond donors (Lipinski definition) is 1. The molecule has 2 aliphatic rings. The molecule has 1 aromatic carbocycles. The molecule has 0 aromatic heterocycles. The molecule has 3 nitrogen and oxygen atoms in total. The summed E-state index contributed by atoms with van der Waals surface area (Å²) < 4.78 is 0. The van der Waals surface area contributed by atoms with E-state index in [1.807, 2.05) is 0 Å². The Balaban J connectivity index is 1.53. The maximum absolute atomic E-state index is 9.43. The summed E-state index contributed by atoms with van der Waals surface area (Å²) in [6.45, 7) is 4.72. The summed E-state index contributed by atoms with van der Waals surface area (Å²) in [5.41, 5.74) is 1.27. The van der Waals surface area contributed by atoms with E-state index in [0.29, 0.717) is 12.6 Å². The summed E-state index contributed by atoms with van der Waals surface area (Å²) in [5, 5.41) is 9.43. The topological polar surface area (TPSA) is 26.7 Å². The van der Waals surface area contributed by atoms with Crippen molar-refractivity contribution in [3.8, 4) is 0 Å². The second-order valence-electron chi connectivity index (χ2n) is 6.91. The predicted molar refractivity (Wildman–Crippen MR) is 96.4 cm³/mol. The number of nitrogens with zero attached hydrogens (tertiary/aromatic N) is 2. The molecule has 1 aliphatic carbocycles. The Morgan fingerprint density at radius 2 is 1.87 bits per heavy atom. The molecule has 126 valence electrons. The van der Waals surface area contributed by atoms with E-state index in [2.05, 4.69) is 52.3 Å². The first kappa shape index (κ1) is 16.7. The van der Waals surface area contributed by atoms with Crippen molar-refractivity contribution in [2.75, 3.05) is 32.8 Å². The van der Waals surface area contributed by atoms with Crippen LogP contribution in [0.3, 0.4) is 0 Å². The lowest BCUT2D eigenvalue weighted by atomic mass is 10.0. The van der Waals surface area contributed by atoms with E-state index in [0.717, 1.165) is 38.6 Å². The third-order valence-corrected chi connectivity index (χ3v) is 5.34. The normalized spacial score (nSPS) is 24.7. The fourth-order valence-electron chi connectivity index (χ4n) is 4.12. The van der Waals surface area contributed by atoms with E-state index in [-0.39, 0.29) is 0 Å². The van der Waals surface area contributed by atoms with E-state index in [1.54, 1.807) is 0 Å². The van der Waals surface area contributed by atoms with Gasteiger partial charge in [0.05, 0.1) is 0 Å². The van der Waals surface area contributed by atoms with Crippen molar-refractivity contribution < 1.29 is 5.11 Å². The Bertz CT molecular complexity index is 482. The smallest absolute Gasteiger partial charge is 0.0446 e. The summed E-state index contributed by atoms with van der Waals surface area (Å²) in [4.78, 5) is 5.23. The van der Waals surface area contributed by atoms with Crippen LogP contribution in [0.25, 0.3) is 6.08 Å². The van der Waals surface area contributed by atoms with Crippen molar-refractivity contribution >= 4 is 6.08 Å². The highest BCUT2D eigenvalue weighted by atomic mass is 16.3. The molecule has 23 heavy (non-hydrogen) atoms. The molecule has 0 bridgehead atoms. The molecule has 0 amide bonds. The molecule has 1 N–H and O–H groups in total. The zero-order chi connectivity index (χ0) is 15.9. The number of hydrogen-bond acceptors (Lipinski definition) is 3. The number of benzene rings is 1. The molecule has 1 aliphatic heterocycles. The van der Waals surface area contributed by atoms with Crippen molar-refractivity contribution in [3.05, 3.63) is 42.0 Å². The van der Waals surface area contributed by atoms with Gasteiger partial charge in [-0.05, 0) is 24.8 Å². The van der Waals surface area contributed by atoms with Crippen LogP contribution in [-0.4, -0.2) is 59.8 Å². The van der Waals surface area contributed by atoms with Crippen LogP contribution in [0.15, 0.2) is 36.4 Å². The average molecular weight is 314 g/mol. The molecule has 1 saturated heterocycles. The molecule has 3 heteroatoms. The second kappa shape index (κ2) is 8.62. The highest BCUT2D eigenvalue weighted by Gasteiger charge is 2.32. The molecule has 0 spiro atoms. The molecule has 1 saturated carbocycles. The molecule has 3 rings (SSSR count). The van der Waals surface area contributed by atoms with Gasteiger partial charge in [-0.1, -0.05) is 55.3 Å². The van der Waals surface area contributed by atoms with E-state index >= 15 is 0 Å². The van der Waals surface area contributed by atoms with Gasteiger partial charge in [0.15, 0.2) is 0 Å². The summed E-state index contributed by atoms with van der Waals surface area (Å²) in [6.07, 6.45) is 10.9. The quantitative estimate of drug-likeness (QED) is 0.874. The minimum Gasteiger partial charge on any atom is -0.396 e. The Labute approximate surface area is 140 Å². The van der Waals surface area contributed by atoms with Crippen LogP contribution in [0.5, 0.6) is 0 Å². The number of aliphatic hydroxyl groups excluding tert-OH is 1. The lowest BCUT2D eigenvalue weighted by molar-refractivity contribution is 0.0347. The third-order valence-electron chi connectivity index (χ3n) is 5.34. The third kappa shape index (κ3) is 4.66. The average Bonchev–Trinajstić information content (AvgIpc) is 3.11. The lowest BCUT2D eigenvalue weighted by Crippen LogP contribution is -2.56. The molecule has 1 atom stereocenters. The highest BCUT2D eigenvalue weighted by molar-refractivity contribution is 5.48. The molecule has 2 fully saturated rings. The molecule has 0 radical (unpaired) electrons. The van der Waals surface area contributed by atoms with Gasteiger partial charge in [0.25, 0.3) is 0 Å². The Hall–Kier alpha value is -1.16. The first-order valence-corrected chi connectivity index (χ1v) is 9.17. The van der Waals surface area contributed by atoms with Gasteiger partial charge < -0.3 is 5.11 Å². The minimum atomic E-state index is 0.307. The minimum absolute atomic E-state index is 0.307. The van der Waals surface area contributed by atoms with Gasteiger partial charge in [-0.2, -0.15) is 0 Å². The SMILES string of the molecule is OCCC1CN(C/C=C/c2ccccc2)CCN1C1CCCC1. The van der Waals surface area contributed by atoms with Gasteiger partial charge in [-0.15, -0.1) is 0 Å². The lowest BCUT2D eigenvalue weighted by Gasteiger charge is -2.44. The maximum atomic E-state index is 9.43. The molecule has 1 unspecified atom stereocenters. The van der Waals surface area contributed by atoms with Crippen molar-refractivity contribution in [1.82, 2.24) is 9.80 Å². The predicted octanol–water partition coefficient (Wildman–Crippen LogP) is 3.01. The fraction of sp³-hybridized carbons (Fsp3) is 0.600. The van der Waals surface area contributed by atoms with Gasteiger partial charge in [0.1, 0.15) is 0 Å². The van der Waals surface area contributed by atoms with Crippen molar-refractivity contribution in [2.45, 2.75) is 44.2 Å². The van der Waals surface area contributed by atoms with Crippen LogP contribution >= 0.6 is 0 Å². The molecular formula is C20H30N2O. The fourth-order valence-corrected chi connectivity index (χ4v) is 4.12. The summed E-state index contributed by atoms with van der Waals surface area (Å²) in [5.74, 6) is 0. The van der Waals surface area contributed by atoms with E-state index in [4.69, 9.17) is 0 Å². The van der Waals surface area contributed by atoms with Crippen LogP contribution in [-0.2, 0) is 0 Å². The first-order valence-electron chi connectivity index (χ1n) is 9.17. The van der Waals surface area contributed by atoms with Crippen molar-refractivity contribution in [3.63, 3.8) is 0 Å².